The van der Waals surface area contributed by atoms with Gasteiger partial charge in [-0.3, -0.25) is 4.79 Å². The summed E-state index contributed by atoms with van der Waals surface area (Å²) >= 11 is 0. The Labute approximate surface area is 209 Å². The summed E-state index contributed by atoms with van der Waals surface area (Å²) in [5.74, 6) is 0.785. The Morgan fingerprint density at radius 3 is 2.31 bits per heavy atom. The van der Waals surface area contributed by atoms with Gasteiger partial charge >= 0.3 is 5.97 Å². The smallest absolute Gasteiger partial charge is 0.302 e. The van der Waals surface area contributed by atoms with Crippen LogP contribution in [0.3, 0.4) is 0 Å². The minimum atomic E-state index is -0.806. The van der Waals surface area contributed by atoms with Crippen molar-refractivity contribution >= 4 is 5.97 Å². The minimum absolute atomic E-state index is 0.00220. The van der Waals surface area contributed by atoms with E-state index in [0.29, 0.717) is 23.7 Å². The van der Waals surface area contributed by atoms with E-state index in [2.05, 4.69) is 38.1 Å². The molecule has 5 fully saturated rings. The molecule has 0 bridgehead atoms. The summed E-state index contributed by atoms with van der Waals surface area (Å²) in [6, 6.07) is 10.3. The molecule has 1 aromatic carbocycles. The first-order valence-electron chi connectivity index (χ1n) is 13.8. The lowest BCUT2D eigenvalue weighted by molar-refractivity contribution is -0.208. The fraction of sp³-hybridized carbons (Fsp3) is 0.767. The van der Waals surface area contributed by atoms with Crippen molar-refractivity contribution in [2.45, 2.75) is 109 Å². The molecule has 35 heavy (non-hydrogen) atoms. The van der Waals surface area contributed by atoms with Crippen molar-refractivity contribution in [3.63, 3.8) is 0 Å². The fourth-order valence-corrected chi connectivity index (χ4v) is 9.69. The predicted octanol–water partition coefficient (Wildman–Crippen LogP) is 5.59. The molecular formula is C30H42O5. The van der Waals surface area contributed by atoms with Crippen LogP contribution in [0.2, 0.25) is 0 Å². The Bertz CT molecular complexity index is 992. The second kappa shape index (κ2) is 7.79. The maximum atomic E-state index is 12.2. The van der Waals surface area contributed by atoms with E-state index in [0.717, 1.165) is 50.5 Å². The molecule has 6 rings (SSSR count). The summed E-state index contributed by atoms with van der Waals surface area (Å²) in [4.78, 5) is 11.7. The summed E-state index contributed by atoms with van der Waals surface area (Å²) in [6.45, 7) is 10.4. The van der Waals surface area contributed by atoms with Gasteiger partial charge in [-0.15, -0.1) is 0 Å². The summed E-state index contributed by atoms with van der Waals surface area (Å²) in [5, 5.41) is 12.2. The van der Waals surface area contributed by atoms with Gasteiger partial charge in [-0.05, 0) is 93.4 Å². The number of aliphatic hydroxyl groups is 1. The van der Waals surface area contributed by atoms with Crippen LogP contribution in [0.5, 0.6) is 0 Å². The number of carbonyl (C=O) groups is 1. The third kappa shape index (κ3) is 3.33. The van der Waals surface area contributed by atoms with Gasteiger partial charge in [0.05, 0.1) is 17.8 Å². The zero-order chi connectivity index (χ0) is 24.8. The van der Waals surface area contributed by atoms with Gasteiger partial charge in [0.15, 0.2) is 5.79 Å². The van der Waals surface area contributed by atoms with Crippen LogP contribution in [0.15, 0.2) is 30.3 Å². The second-order valence-corrected chi connectivity index (χ2v) is 13.2. The normalized spacial score (nSPS) is 49.9. The number of benzene rings is 1. The zero-order valence-electron chi connectivity index (χ0n) is 22.0. The summed E-state index contributed by atoms with van der Waals surface area (Å²) < 4.78 is 19.1. The quantitative estimate of drug-likeness (QED) is 0.557. The molecule has 0 spiro atoms. The average molecular weight is 483 g/mol. The molecule has 1 heterocycles. The van der Waals surface area contributed by atoms with Gasteiger partial charge in [-0.25, -0.2) is 0 Å². The fourth-order valence-electron chi connectivity index (χ4n) is 9.69. The summed E-state index contributed by atoms with van der Waals surface area (Å²) in [6.07, 6.45) is 6.78. The largest absolute Gasteiger partial charge is 0.463 e. The molecule has 5 aliphatic rings. The van der Waals surface area contributed by atoms with Gasteiger partial charge in [0, 0.05) is 12.3 Å². The van der Waals surface area contributed by atoms with Crippen molar-refractivity contribution in [1.29, 1.82) is 0 Å². The van der Waals surface area contributed by atoms with E-state index < -0.39 is 11.4 Å². The number of ether oxygens (including phenoxy) is 3. The van der Waals surface area contributed by atoms with Crippen molar-refractivity contribution < 1.29 is 24.1 Å². The predicted molar refractivity (Wildman–Crippen MR) is 132 cm³/mol. The standard InChI is InChI=1S/C30H42O5/c1-18(31)33-20-11-14-28(4)21-12-15-29(5)22(13-16-30(29,32)19-9-7-6-8-10-19)24(21)26-25(23(28)17-20)34-27(2,3)35-26/h6-10,20-26,32H,11-17H2,1-5H3/t20-,21-,22-,23+,24?,25+,26+,28+,29-,30+/m0/s1. The Morgan fingerprint density at radius 2 is 1.60 bits per heavy atom. The number of hydrogen-bond donors (Lipinski definition) is 1. The van der Waals surface area contributed by atoms with Gasteiger partial charge < -0.3 is 19.3 Å². The van der Waals surface area contributed by atoms with Gasteiger partial charge in [0.1, 0.15) is 6.10 Å². The van der Waals surface area contributed by atoms with E-state index >= 15 is 0 Å². The molecule has 0 amide bonds. The maximum absolute atomic E-state index is 12.2. The molecule has 5 heteroatoms. The van der Waals surface area contributed by atoms with E-state index in [1.807, 2.05) is 19.9 Å². The van der Waals surface area contributed by atoms with E-state index in [4.69, 9.17) is 14.2 Å². The first-order chi connectivity index (χ1) is 16.5. The van der Waals surface area contributed by atoms with Crippen LogP contribution >= 0.6 is 0 Å². The lowest BCUT2D eigenvalue weighted by Crippen LogP contribution is -2.64. The summed E-state index contributed by atoms with van der Waals surface area (Å²) in [7, 11) is 0. The highest BCUT2D eigenvalue weighted by atomic mass is 16.8. The SMILES string of the molecule is CC(=O)O[C@H]1CC[C@@]2(C)[C@H](C1)[C@H]1OC(C)(C)O[C@@H]1C1[C@@H]2CC[C@@]2(C)[C@H]1CC[C@@]2(O)c1ccccc1. The van der Waals surface area contributed by atoms with Crippen LogP contribution in [-0.4, -0.2) is 35.2 Å². The minimum Gasteiger partial charge on any atom is -0.463 e. The third-order valence-corrected chi connectivity index (χ3v) is 11.2. The van der Waals surface area contributed by atoms with Gasteiger partial charge in [0.2, 0.25) is 0 Å². The molecule has 1 aliphatic heterocycles. The first-order valence-corrected chi connectivity index (χ1v) is 13.8. The van der Waals surface area contributed by atoms with Crippen LogP contribution in [0, 0.1) is 34.5 Å². The Morgan fingerprint density at radius 1 is 0.914 bits per heavy atom. The number of carbonyl (C=O) groups excluding carboxylic acids is 1. The Balaban J connectivity index is 1.39. The highest BCUT2D eigenvalue weighted by Crippen LogP contribution is 2.71. The monoisotopic (exact) mass is 482 g/mol. The third-order valence-electron chi connectivity index (χ3n) is 11.2. The Kier molecular flexibility index (Phi) is 5.33. The molecule has 10 atom stereocenters. The van der Waals surface area contributed by atoms with Crippen LogP contribution < -0.4 is 0 Å². The molecular weight excluding hydrogens is 440 g/mol. The molecule has 0 aromatic heterocycles. The van der Waals surface area contributed by atoms with E-state index in [-0.39, 0.29) is 35.1 Å². The van der Waals surface area contributed by atoms with Gasteiger partial charge in [-0.2, -0.15) is 0 Å². The van der Waals surface area contributed by atoms with E-state index in [1.54, 1.807) is 0 Å². The first kappa shape index (κ1) is 23.9. The molecule has 1 saturated heterocycles. The molecule has 1 N–H and O–H groups in total. The van der Waals surface area contributed by atoms with Crippen molar-refractivity contribution in [2.24, 2.45) is 34.5 Å². The number of esters is 1. The van der Waals surface area contributed by atoms with Crippen LogP contribution in [-0.2, 0) is 24.6 Å². The molecule has 0 radical (unpaired) electrons. The second-order valence-electron chi connectivity index (χ2n) is 13.2. The zero-order valence-corrected chi connectivity index (χ0v) is 22.0. The summed E-state index contributed by atoms with van der Waals surface area (Å²) in [5.41, 5.74) is 0.194. The lowest BCUT2D eigenvalue weighted by Gasteiger charge is -2.63. The van der Waals surface area contributed by atoms with E-state index in [1.165, 1.54) is 6.92 Å². The lowest BCUT2D eigenvalue weighted by atomic mass is 9.43. The van der Waals surface area contributed by atoms with Crippen molar-refractivity contribution in [3.05, 3.63) is 35.9 Å². The van der Waals surface area contributed by atoms with Crippen molar-refractivity contribution in [2.75, 3.05) is 0 Å². The van der Waals surface area contributed by atoms with Crippen LogP contribution in [0.25, 0.3) is 0 Å². The highest BCUT2D eigenvalue weighted by Gasteiger charge is 2.71. The van der Waals surface area contributed by atoms with E-state index in [9.17, 15) is 9.90 Å². The van der Waals surface area contributed by atoms with Crippen LogP contribution in [0.4, 0.5) is 0 Å². The molecule has 192 valence electrons. The molecule has 1 unspecified atom stereocenters. The molecule has 4 aliphatic carbocycles. The Hall–Kier alpha value is -1.43. The van der Waals surface area contributed by atoms with Crippen LogP contribution in [0.1, 0.15) is 85.1 Å². The molecule has 5 nitrogen and oxygen atoms in total. The molecule has 4 saturated carbocycles. The van der Waals surface area contributed by atoms with Crippen molar-refractivity contribution in [1.82, 2.24) is 0 Å². The number of rotatable bonds is 2. The average Bonchev–Trinajstić information content (AvgIpc) is 3.28. The maximum Gasteiger partial charge on any atom is 0.302 e. The van der Waals surface area contributed by atoms with Gasteiger partial charge in [-0.1, -0.05) is 44.2 Å². The highest BCUT2D eigenvalue weighted by molar-refractivity contribution is 5.66. The topological polar surface area (TPSA) is 65.0 Å². The number of fused-ring (bicyclic) bond motifs is 8. The van der Waals surface area contributed by atoms with Crippen molar-refractivity contribution in [3.8, 4) is 0 Å². The molecule has 1 aromatic rings. The number of hydrogen-bond acceptors (Lipinski definition) is 5. The van der Waals surface area contributed by atoms with Gasteiger partial charge in [0.25, 0.3) is 0 Å².